The fraction of sp³-hybridized carbons (Fsp3) is 0.368. The third kappa shape index (κ3) is 5.15. The van der Waals surface area contributed by atoms with Gasteiger partial charge in [0.15, 0.2) is 0 Å². The summed E-state index contributed by atoms with van der Waals surface area (Å²) in [5, 5.41) is 24.3. The molecule has 3 rings (SSSR count). The number of piperazine rings is 1. The Morgan fingerprint density at radius 2 is 1.78 bits per heavy atom. The average Bonchev–Trinajstić information content (AvgIpc) is 2.68. The van der Waals surface area contributed by atoms with E-state index in [9.17, 15) is 19.6 Å². The van der Waals surface area contributed by atoms with Gasteiger partial charge in [0, 0.05) is 51.0 Å². The molecule has 1 heterocycles. The zero-order valence-electron chi connectivity index (χ0n) is 14.9. The van der Waals surface area contributed by atoms with E-state index in [1.807, 2.05) is 0 Å². The number of nitro groups is 1. The zero-order valence-corrected chi connectivity index (χ0v) is 14.9. The van der Waals surface area contributed by atoms with Crippen LogP contribution in [0.1, 0.15) is 0 Å². The largest absolute Gasteiger partial charge is 0.390 e. The summed E-state index contributed by atoms with van der Waals surface area (Å²) < 4.78 is 13.0. The van der Waals surface area contributed by atoms with Crippen LogP contribution in [-0.2, 0) is 0 Å². The van der Waals surface area contributed by atoms with Gasteiger partial charge in [-0.25, -0.2) is 4.39 Å². The van der Waals surface area contributed by atoms with Gasteiger partial charge in [0.1, 0.15) is 11.5 Å². The molecule has 1 unspecified atom stereocenters. The number of rotatable bonds is 7. The van der Waals surface area contributed by atoms with Gasteiger partial charge < -0.3 is 15.3 Å². The number of aliphatic hydroxyl groups excluding tert-OH is 1. The zero-order chi connectivity index (χ0) is 19.2. The van der Waals surface area contributed by atoms with Crippen molar-refractivity contribution in [2.24, 2.45) is 0 Å². The summed E-state index contributed by atoms with van der Waals surface area (Å²) in [5.41, 5.74) is 1.40. The highest BCUT2D eigenvalue weighted by Crippen LogP contribution is 2.23. The number of benzene rings is 2. The highest BCUT2D eigenvalue weighted by molar-refractivity contribution is 5.61. The number of nitrogens with zero attached hydrogens (tertiary/aromatic N) is 3. The van der Waals surface area contributed by atoms with E-state index in [0.29, 0.717) is 12.2 Å². The van der Waals surface area contributed by atoms with Crippen molar-refractivity contribution in [2.45, 2.75) is 6.10 Å². The maximum absolute atomic E-state index is 13.0. The van der Waals surface area contributed by atoms with Gasteiger partial charge in [-0.3, -0.25) is 15.0 Å². The van der Waals surface area contributed by atoms with Gasteiger partial charge in [-0.05, 0) is 30.3 Å². The molecule has 1 atom stereocenters. The number of β-amino-alcohol motifs (C(OH)–C–C–N with tert-alkyl or cyclic N) is 1. The molecular formula is C19H23FN4O3. The maximum Gasteiger partial charge on any atom is 0.292 e. The third-order valence-electron chi connectivity index (χ3n) is 4.66. The van der Waals surface area contributed by atoms with Crippen LogP contribution in [-0.4, -0.2) is 60.3 Å². The Balaban J connectivity index is 1.45. The molecule has 0 radical (unpaired) electrons. The number of halogens is 1. The first-order valence-electron chi connectivity index (χ1n) is 8.91. The van der Waals surface area contributed by atoms with Gasteiger partial charge >= 0.3 is 0 Å². The van der Waals surface area contributed by atoms with Crippen molar-refractivity contribution < 1.29 is 14.4 Å². The van der Waals surface area contributed by atoms with E-state index in [2.05, 4.69) is 15.1 Å². The van der Waals surface area contributed by atoms with Crippen LogP contribution in [0.3, 0.4) is 0 Å². The second-order valence-corrected chi connectivity index (χ2v) is 6.57. The topological polar surface area (TPSA) is 81.9 Å². The molecule has 1 saturated heterocycles. The van der Waals surface area contributed by atoms with Gasteiger partial charge in [-0.2, -0.15) is 0 Å². The molecular weight excluding hydrogens is 351 g/mol. The second-order valence-electron chi connectivity index (χ2n) is 6.57. The molecule has 0 spiro atoms. The summed E-state index contributed by atoms with van der Waals surface area (Å²) in [6.07, 6.45) is -0.637. The maximum atomic E-state index is 13.0. The Morgan fingerprint density at radius 1 is 1.11 bits per heavy atom. The Morgan fingerprint density at radius 3 is 2.44 bits per heavy atom. The van der Waals surface area contributed by atoms with E-state index in [1.165, 1.54) is 18.2 Å². The molecule has 1 fully saturated rings. The molecule has 1 aliphatic rings. The number of aliphatic hydroxyl groups is 1. The molecule has 1 aliphatic heterocycles. The molecule has 0 bridgehead atoms. The van der Waals surface area contributed by atoms with Crippen molar-refractivity contribution in [1.82, 2.24) is 4.90 Å². The minimum atomic E-state index is -0.637. The molecule has 0 aromatic heterocycles. The van der Waals surface area contributed by atoms with Crippen molar-refractivity contribution >= 4 is 17.1 Å². The van der Waals surface area contributed by atoms with Crippen LogP contribution in [0.4, 0.5) is 21.5 Å². The summed E-state index contributed by atoms with van der Waals surface area (Å²) in [6.45, 7) is 3.92. The number of anilines is 2. The van der Waals surface area contributed by atoms with E-state index in [-0.39, 0.29) is 18.0 Å². The fourth-order valence-electron chi connectivity index (χ4n) is 3.21. The molecule has 27 heavy (non-hydrogen) atoms. The first-order valence-corrected chi connectivity index (χ1v) is 8.91. The Labute approximate surface area is 157 Å². The normalized spacial score (nSPS) is 16.1. The van der Waals surface area contributed by atoms with Crippen molar-refractivity contribution in [2.75, 3.05) is 49.5 Å². The summed E-state index contributed by atoms with van der Waals surface area (Å²) in [7, 11) is 0. The lowest BCUT2D eigenvalue weighted by molar-refractivity contribution is -0.384. The van der Waals surface area contributed by atoms with E-state index in [4.69, 9.17) is 0 Å². The molecule has 0 saturated carbocycles. The Hall–Kier alpha value is -2.71. The smallest absolute Gasteiger partial charge is 0.292 e. The molecule has 0 amide bonds. The standard InChI is InChI=1S/C19H23FN4O3/c20-15-5-7-16(8-6-15)23-11-9-22(10-12-23)14-17(25)13-21-18-3-1-2-4-19(18)24(26)27/h1-8,17,21,25H,9-14H2. The predicted octanol–water partition coefficient (Wildman–Crippen LogP) is 2.33. The lowest BCUT2D eigenvalue weighted by Gasteiger charge is -2.37. The average molecular weight is 374 g/mol. The van der Waals surface area contributed by atoms with Crippen molar-refractivity contribution in [1.29, 1.82) is 0 Å². The van der Waals surface area contributed by atoms with E-state index < -0.39 is 11.0 Å². The monoisotopic (exact) mass is 374 g/mol. The van der Waals surface area contributed by atoms with Gasteiger partial charge in [0.05, 0.1) is 11.0 Å². The molecule has 144 valence electrons. The van der Waals surface area contributed by atoms with Crippen LogP contribution in [0.2, 0.25) is 0 Å². The van der Waals surface area contributed by atoms with Crippen LogP contribution in [0.25, 0.3) is 0 Å². The van der Waals surface area contributed by atoms with Crippen molar-refractivity contribution in [3.8, 4) is 0 Å². The quantitative estimate of drug-likeness (QED) is 0.572. The van der Waals surface area contributed by atoms with Crippen LogP contribution in [0, 0.1) is 15.9 Å². The van der Waals surface area contributed by atoms with Gasteiger partial charge in [-0.15, -0.1) is 0 Å². The molecule has 0 aliphatic carbocycles. The molecule has 2 N–H and O–H groups in total. The van der Waals surface area contributed by atoms with Crippen LogP contribution in [0.5, 0.6) is 0 Å². The van der Waals surface area contributed by atoms with Crippen LogP contribution >= 0.6 is 0 Å². The van der Waals surface area contributed by atoms with E-state index in [0.717, 1.165) is 31.9 Å². The number of nitro benzene ring substituents is 1. The van der Waals surface area contributed by atoms with E-state index >= 15 is 0 Å². The molecule has 8 heteroatoms. The minimum absolute atomic E-state index is 0.00221. The number of para-hydroxylation sites is 2. The minimum Gasteiger partial charge on any atom is -0.390 e. The highest BCUT2D eigenvalue weighted by atomic mass is 19.1. The number of hydrogen-bond acceptors (Lipinski definition) is 6. The highest BCUT2D eigenvalue weighted by Gasteiger charge is 2.20. The predicted molar refractivity (Wildman–Crippen MR) is 103 cm³/mol. The first-order chi connectivity index (χ1) is 13.0. The molecule has 2 aromatic rings. The summed E-state index contributed by atoms with van der Waals surface area (Å²) in [6, 6.07) is 12.9. The summed E-state index contributed by atoms with van der Waals surface area (Å²) >= 11 is 0. The van der Waals surface area contributed by atoms with Crippen molar-refractivity contribution in [3.63, 3.8) is 0 Å². The Kier molecular flexibility index (Phi) is 6.20. The number of hydrogen-bond donors (Lipinski definition) is 2. The summed E-state index contributed by atoms with van der Waals surface area (Å²) in [4.78, 5) is 14.9. The van der Waals surface area contributed by atoms with Gasteiger partial charge in [0.2, 0.25) is 0 Å². The van der Waals surface area contributed by atoms with Crippen LogP contribution < -0.4 is 10.2 Å². The lowest BCUT2D eigenvalue weighted by atomic mass is 10.2. The van der Waals surface area contributed by atoms with Gasteiger partial charge in [-0.1, -0.05) is 12.1 Å². The second kappa shape index (κ2) is 8.79. The SMILES string of the molecule is O=[N+]([O-])c1ccccc1NCC(O)CN1CCN(c2ccc(F)cc2)CC1. The van der Waals surface area contributed by atoms with Crippen molar-refractivity contribution in [3.05, 3.63) is 64.5 Å². The first kappa shape index (κ1) is 19.1. The number of nitrogens with one attached hydrogen (secondary N) is 1. The van der Waals surface area contributed by atoms with Gasteiger partial charge in [0.25, 0.3) is 5.69 Å². The Bertz CT molecular complexity index is 764. The summed E-state index contributed by atoms with van der Waals surface area (Å²) in [5.74, 6) is -0.244. The molecule has 7 nitrogen and oxygen atoms in total. The lowest BCUT2D eigenvalue weighted by Crippen LogP contribution is -2.49. The third-order valence-corrected chi connectivity index (χ3v) is 4.66. The fourth-order valence-corrected chi connectivity index (χ4v) is 3.21. The van der Waals surface area contributed by atoms with E-state index in [1.54, 1.807) is 30.3 Å². The van der Waals surface area contributed by atoms with Crippen LogP contribution in [0.15, 0.2) is 48.5 Å². The molecule has 2 aromatic carbocycles.